The molecule has 1 rings (SSSR count). The fraction of sp³-hybridized carbons (Fsp3) is 0.917. The Morgan fingerprint density at radius 1 is 1.36 bits per heavy atom. The topological polar surface area (TPSA) is 26.3 Å². The summed E-state index contributed by atoms with van der Waals surface area (Å²) in [6.45, 7) is 8.15. The van der Waals surface area contributed by atoms with Gasteiger partial charge in [-0.05, 0) is 43.9 Å². The summed E-state index contributed by atoms with van der Waals surface area (Å²) in [4.78, 5) is 10.8. The van der Waals surface area contributed by atoms with Gasteiger partial charge in [0.1, 0.15) is 6.10 Å². The molecule has 0 N–H and O–H groups in total. The summed E-state index contributed by atoms with van der Waals surface area (Å²) in [5.41, 5.74) is 0.493. The fourth-order valence-corrected chi connectivity index (χ4v) is 2.25. The summed E-state index contributed by atoms with van der Waals surface area (Å²) in [7, 11) is 0. The Labute approximate surface area is 87.0 Å². The summed E-state index contributed by atoms with van der Waals surface area (Å²) >= 11 is 0. The molecule has 0 unspecified atom stereocenters. The van der Waals surface area contributed by atoms with Crippen molar-refractivity contribution in [1.82, 2.24) is 0 Å². The van der Waals surface area contributed by atoms with E-state index in [-0.39, 0.29) is 12.1 Å². The lowest BCUT2D eigenvalue weighted by molar-refractivity contribution is -0.148. The van der Waals surface area contributed by atoms with Gasteiger partial charge in [-0.1, -0.05) is 13.8 Å². The van der Waals surface area contributed by atoms with Crippen molar-refractivity contribution in [2.75, 3.05) is 0 Å². The molecule has 0 aromatic rings. The number of hydrogen-bond acceptors (Lipinski definition) is 2. The van der Waals surface area contributed by atoms with Crippen molar-refractivity contribution < 1.29 is 9.53 Å². The number of hydrogen-bond donors (Lipinski definition) is 0. The number of esters is 1. The second kappa shape index (κ2) is 4.33. The zero-order chi connectivity index (χ0) is 10.8. The number of carbonyl (C=O) groups excluding carboxylic acids is 1. The highest BCUT2D eigenvalue weighted by Gasteiger charge is 2.30. The monoisotopic (exact) mass is 198 g/mol. The molecule has 1 fully saturated rings. The number of ether oxygens (including phenoxy) is 1. The fourth-order valence-electron chi connectivity index (χ4n) is 2.25. The van der Waals surface area contributed by atoms with Crippen molar-refractivity contribution in [2.45, 2.75) is 59.5 Å². The van der Waals surface area contributed by atoms with Crippen LogP contribution in [0.1, 0.15) is 53.4 Å². The van der Waals surface area contributed by atoms with E-state index in [0.717, 1.165) is 0 Å². The van der Waals surface area contributed by atoms with Crippen LogP contribution >= 0.6 is 0 Å². The van der Waals surface area contributed by atoms with Crippen LogP contribution in [0, 0.1) is 11.3 Å². The molecule has 1 atom stereocenters. The van der Waals surface area contributed by atoms with E-state index in [9.17, 15) is 4.79 Å². The quantitative estimate of drug-likeness (QED) is 0.637. The molecule has 0 aromatic carbocycles. The molecule has 0 heterocycles. The first-order valence-electron chi connectivity index (χ1n) is 5.58. The predicted molar refractivity (Wildman–Crippen MR) is 57.0 cm³/mol. The molecule has 0 saturated heterocycles. The van der Waals surface area contributed by atoms with E-state index in [1.165, 1.54) is 32.6 Å². The third-order valence-corrected chi connectivity index (χ3v) is 3.40. The minimum atomic E-state index is -0.151. The molecule has 0 aliphatic heterocycles. The Bertz CT molecular complexity index is 198. The molecule has 0 radical (unpaired) electrons. The third kappa shape index (κ3) is 3.32. The van der Waals surface area contributed by atoms with Crippen molar-refractivity contribution >= 4 is 5.97 Å². The molecule has 14 heavy (non-hydrogen) atoms. The maximum atomic E-state index is 10.8. The smallest absolute Gasteiger partial charge is 0.302 e. The minimum absolute atomic E-state index is 0.101. The summed E-state index contributed by atoms with van der Waals surface area (Å²) in [5, 5.41) is 0. The van der Waals surface area contributed by atoms with E-state index in [1.807, 2.05) is 6.92 Å². The third-order valence-electron chi connectivity index (χ3n) is 3.40. The van der Waals surface area contributed by atoms with E-state index >= 15 is 0 Å². The minimum Gasteiger partial charge on any atom is -0.463 e. The lowest BCUT2D eigenvalue weighted by atomic mass is 9.72. The van der Waals surface area contributed by atoms with Gasteiger partial charge in [0.2, 0.25) is 0 Å². The van der Waals surface area contributed by atoms with Gasteiger partial charge < -0.3 is 4.74 Å². The van der Waals surface area contributed by atoms with Gasteiger partial charge in [-0.15, -0.1) is 0 Å². The van der Waals surface area contributed by atoms with Gasteiger partial charge in [0, 0.05) is 6.92 Å². The van der Waals surface area contributed by atoms with Crippen LogP contribution in [0.5, 0.6) is 0 Å². The SMILES string of the molecule is CC(=O)O[C@H](C)C1CCC(C)(C)CC1. The highest BCUT2D eigenvalue weighted by atomic mass is 16.5. The average molecular weight is 198 g/mol. The van der Waals surface area contributed by atoms with Crippen molar-refractivity contribution in [3.63, 3.8) is 0 Å². The van der Waals surface area contributed by atoms with Crippen LogP contribution in [-0.2, 0) is 9.53 Å². The van der Waals surface area contributed by atoms with Crippen LogP contribution in [0.15, 0.2) is 0 Å². The van der Waals surface area contributed by atoms with Crippen LogP contribution in [0.4, 0.5) is 0 Å². The van der Waals surface area contributed by atoms with Gasteiger partial charge in [0.05, 0.1) is 0 Å². The molecular weight excluding hydrogens is 176 g/mol. The Kier molecular flexibility index (Phi) is 3.57. The molecule has 0 bridgehead atoms. The zero-order valence-electron chi connectivity index (χ0n) is 9.80. The molecule has 2 nitrogen and oxygen atoms in total. The Morgan fingerprint density at radius 2 is 1.86 bits per heavy atom. The Balaban J connectivity index is 2.37. The second-order valence-electron chi connectivity index (χ2n) is 5.32. The first kappa shape index (κ1) is 11.5. The van der Waals surface area contributed by atoms with Gasteiger partial charge >= 0.3 is 5.97 Å². The highest BCUT2D eigenvalue weighted by Crippen LogP contribution is 2.39. The normalized spacial score (nSPS) is 24.3. The molecule has 0 aromatic heterocycles. The lowest BCUT2D eigenvalue weighted by Gasteiger charge is -2.36. The van der Waals surface area contributed by atoms with Crippen molar-refractivity contribution in [3.05, 3.63) is 0 Å². The van der Waals surface area contributed by atoms with Gasteiger partial charge in [0.25, 0.3) is 0 Å². The first-order chi connectivity index (χ1) is 6.41. The molecule has 2 heteroatoms. The van der Waals surface area contributed by atoms with E-state index in [2.05, 4.69) is 13.8 Å². The summed E-state index contributed by atoms with van der Waals surface area (Å²) < 4.78 is 5.22. The second-order valence-corrected chi connectivity index (χ2v) is 5.32. The largest absolute Gasteiger partial charge is 0.463 e. The van der Waals surface area contributed by atoms with Gasteiger partial charge in [-0.2, -0.15) is 0 Å². The van der Waals surface area contributed by atoms with Crippen LogP contribution in [0.3, 0.4) is 0 Å². The van der Waals surface area contributed by atoms with E-state index in [4.69, 9.17) is 4.74 Å². The lowest BCUT2D eigenvalue weighted by Crippen LogP contribution is -2.30. The van der Waals surface area contributed by atoms with Crippen LogP contribution in [0.25, 0.3) is 0 Å². The van der Waals surface area contributed by atoms with Gasteiger partial charge in [0.15, 0.2) is 0 Å². The summed E-state index contributed by atoms with van der Waals surface area (Å²) in [6, 6.07) is 0. The molecule has 82 valence electrons. The van der Waals surface area contributed by atoms with Crippen molar-refractivity contribution in [2.24, 2.45) is 11.3 Å². The van der Waals surface area contributed by atoms with Crippen LogP contribution in [-0.4, -0.2) is 12.1 Å². The van der Waals surface area contributed by atoms with E-state index in [1.54, 1.807) is 0 Å². The molecule has 1 aliphatic rings. The average Bonchev–Trinajstić information content (AvgIpc) is 2.02. The Morgan fingerprint density at radius 3 is 2.29 bits per heavy atom. The van der Waals surface area contributed by atoms with Gasteiger partial charge in [-0.25, -0.2) is 0 Å². The molecule has 1 saturated carbocycles. The maximum absolute atomic E-state index is 10.8. The maximum Gasteiger partial charge on any atom is 0.302 e. The summed E-state index contributed by atoms with van der Waals surface area (Å²) in [5.74, 6) is 0.425. The van der Waals surface area contributed by atoms with Crippen LogP contribution < -0.4 is 0 Å². The molecule has 0 amide bonds. The molecule has 0 spiro atoms. The molecule has 1 aliphatic carbocycles. The van der Waals surface area contributed by atoms with E-state index < -0.39 is 0 Å². The standard InChI is InChI=1S/C12H22O2/c1-9(14-10(2)13)11-5-7-12(3,4)8-6-11/h9,11H,5-8H2,1-4H3/t9-/m1/s1. The first-order valence-corrected chi connectivity index (χ1v) is 5.58. The van der Waals surface area contributed by atoms with Gasteiger partial charge in [-0.3, -0.25) is 4.79 Å². The number of carbonyl (C=O) groups is 1. The predicted octanol–water partition coefficient (Wildman–Crippen LogP) is 3.15. The van der Waals surface area contributed by atoms with Crippen molar-refractivity contribution in [3.8, 4) is 0 Å². The highest BCUT2D eigenvalue weighted by molar-refractivity contribution is 5.66. The van der Waals surface area contributed by atoms with E-state index in [0.29, 0.717) is 11.3 Å². The van der Waals surface area contributed by atoms with Crippen molar-refractivity contribution in [1.29, 1.82) is 0 Å². The Hall–Kier alpha value is -0.530. The van der Waals surface area contributed by atoms with Crippen LogP contribution in [0.2, 0.25) is 0 Å². The molecular formula is C12H22O2. The summed E-state index contributed by atoms with van der Waals surface area (Å²) in [6.07, 6.45) is 5.00. The number of rotatable bonds is 2. The zero-order valence-corrected chi connectivity index (χ0v) is 9.80.